The molecule has 0 atom stereocenters. The van der Waals surface area contributed by atoms with Crippen molar-refractivity contribution in [3.05, 3.63) is 63.2 Å². The van der Waals surface area contributed by atoms with Crippen molar-refractivity contribution in [2.75, 3.05) is 0 Å². The standard InChI is InChI=1S/C14H10ClF2NO3/c1-8-4-10(2-3-13(8)18(19)20)21-14-11(16)5-9(7-15)6-12(14)17/h2-6H,7H2,1H3. The van der Waals surface area contributed by atoms with Gasteiger partial charge in [-0.25, -0.2) is 8.78 Å². The Bertz CT molecular complexity index is 684. The van der Waals surface area contributed by atoms with Gasteiger partial charge >= 0.3 is 0 Å². The van der Waals surface area contributed by atoms with Crippen LogP contribution in [0.2, 0.25) is 0 Å². The average molecular weight is 314 g/mol. The first-order valence-corrected chi connectivity index (χ1v) is 6.42. The van der Waals surface area contributed by atoms with Crippen molar-refractivity contribution < 1.29 is 18.4 Å². The first-order chi connectivity index (χ1) is 9.92. The minimum Gasteiger partial charge on any atom is -0.451 e. The third-order valence-corrected chi connectivity index (χ3v) is 3.11. The summed E-state index contributed by atoms with van der Waals surface area (Å²) in [7, 11) is 0. The zero-order valence-corrected chi connectivity index (χ0v) is 11.7. The molecule has 2 aromatic carbocycles. The predicted octanol–water partition coefficient (Wildman–Crippen LogP) is 4.71. The van der Waals surface area contributed by atoms with Crippen LogP contribution in [0.4, 0.5) is 14.5 Å². The fourth-order valence-electron chi connectivity index (χ4n) is 1.80. The van der Waals surface area contributed by atoms with Crippen LogP contribution in [0.15, 0.2) is 30.3 Å². The summed E-state index contributed by atoms with van der Waals surface area (Å²) in [6.07, 6.45) is 0. The van der Waals surface area contributed by atoms with Gasteiger partial charge < -0.3 is 4.74 Å². The van der Waals surface area contributed by atoms with E-state index in [9.17, 15) is 18.9 Å². The van der Waals surface area contributed by atoms with Crippen molar-refractivity contribution in [1.29, 1.82) is 0 Å². The number of aryl methyl sites for hydroxylation is 1. The third-order valence-electron chi connectivity index (χ3n) is 2.80. The summed E-state index contributed by atoms with van der Waals surface area (Å²) in [5, 5.41) is 10.7. The lowest BCUT2D eigenvalue weighted by Gasteiger charge is -2.09. The molecule has 0 N–H and O–H groups in total. The highest BCUT2D eigenvalue weighted by molar-refractivity contribution is 6.17. The number of nitro groups is 1. The number of alkyl halides is 1. The molecule has 0 amide bonds. The molecule has 0 aliphatic rings. The number of ether oxygens (including phenoxy) is 1. The maximum atomic E-state index is 13.8. The molecular formula is C14H10ClF2NO3. The van der Waals surface area contributed by atoms with Gasteiger partial charge in [-0.05, 0) is 36.8 Å². The van der Waals surface area contributed by atoms with Crippen LogP contribution < -0.4 is 4.74 Å². The monoisotopic (exact) mass is 313 g/mol. The van der Waals surface area contributed by atoms with E-state index in [2.05, 4.69) is 0 Å². The SMILES string of the molecule is Cc1cc(Oc2c(F)cc(CCl)cc2F)ccc1[N+](=O)[O-]. The summed E-state index contributed by atoms with van der Waals surface area (Å²) in [4.78, 5) is 10.2. The molecule has 2 rings (SSSR count). The van der Waals surface area contributed by atoms with Crippen LogP contribution in [0.5, 0.6) is 11.5 Å². The molecule has 0 bridgehead atoms. The summed E-state index contributed by atoms with van der Waals surface area (Å²) in [5.74, 6) is -2.26. The number of nitro benzene ring substituents is 1. The average Bonchev–Trinajstić information content (AvgIpc) is 2.42. The summed E-state index contributed by atoms with van der Waals surface area (Å²) < 4.78 is 32.7. The van der Waals surface area contributed by atoms with Crippen LogP contribution in [-0.4, -0.2) is 4.92 Å². The maximum absolute atomic E-state index is 13.8. The van der Waals surface area contributed by atoms with Gasteiger partial charge in [0.1, 0.15) is 5.75 Å². The van der Waals surface area contributed by atoms with E-state index in [1.165, 1.54) is 25.1 Å². The number of rotatable bonds is 4. The lowest BCUT2D eigenvalue weighted by Crippen LogP contribution is -1.96. The predicted molar refractivity (Wildman–Crippen MR) is 73.8 cm³/mol. The Morgan fingerprint density at radius 3 is 2.33 bits per heavy atom. The second kappa shape index (κ2) is 6.05. The van der Waals surface area contributed by atoms with Gasteiger partial charge in [0.15, 0.2) is 17.4 Å². The van der Waals surface area contributed by atoms with Crippen LogP contribution in [-0.2, 0) is 5.88 Å². The first-order valence-electron chi connectivity index (χ1n) is 5.89. The van der Waals surface area contributed by atoms with E-state index in [0.717, 1.165) is 12.1 Å². The Balaban J connectivity index is 2.35. The van der Waals surface area contributed by atoms with Crippen LogP contribution in [0.1, 0.15) is 11.1 Å². The lowest BCUT2D eigenvalue weighted by atomic mass is 10.2. The quantitative estimate of drug-likeness (QED) is 0.466. The zero-order chi connectivity index (χ0) is 15.6. The molecule has 0 heterocycles. The highest BCUT2D eigenvalue weighted by Gasteiger charge is 2.16. The minimum absolute atomic E-state index is 0.0231. The third kappa shape index (κ3) is 3.28. The Labute approximate surface area is 124 Å². The number of hydrogen-bond acceptors (Lipinski definition) is 3. The van der Waals surface area contributed by atoms with Crippen molar-refractivity contribution in [1.82, 2.24) is 0 Å². The van der Waals surface area contributed by atoms with E-state index in [4.69, 9.17) is 16.3 Å². The van der Waals surface area contributed by atoms with Crippen LogP contribution in [0, 0.1) is 28.7 Å². The van der Waals surface area contributed by atoms with Gasteiger partial charge in [-0.2, -0.15) is 0 Å². The van der Waals surface area contributed by atoms with E-state index in [1.54, 1.807) is 0 Å². The van der Waals surface area contributed by atoms with Gasteiger partial charge in [0.25, 0.3) is 5.69 Å². The van der Waals surface area contributed by atoms with Gasteiger partial charge in [-0.1, -0.05) is 0 Å². The minimum atomic E-state index is -0.887. The molecule has 0 unspecified atom stereocenters. The largest absolute Gasteiger partial charge is 0.451 e. The summed E-state index contributed by atoms with van der Waals surface area (Å²) in [6.45, 7) is 1.51. The fourth-order valence-corrected chi connectivity index (χ4v) is 1.96. The van der Waals surface area contributed by atoms with E-state index in [-0.39, 0.29) is 17.3 Å². The molecule has 0 aromatic heterocycles. The molecule has 2 aromatic rings. The topological polar surface area (TPSA) is 52.4 Å². The number of hydrogen-bond donors (Lipinski definition) is 0. The lowest BCUT2D eigenvalue weighted by molar-refractivity contribution is -0.385. The molecule has 0 saturated heterocycles. The second-order valence-corrected chi connectivity index (χ2v) is 4.60. The Kier molecular flexibility index (Phi) is 4.37. The van der Waals surface area contributed by atoms with Crippen LogP contribution in [0.3, 0.4) is 0 Å². The van der Waals surface area contributed by atoms with Gasteiger partial charge in [0.2, 0.25) is 0 Å². The van der Waals surface area contributed by atoms with Gasteiger partial charge in [0, 0.05) is 17.5 Å². The molecule has 110 valence electrons. The highest BCUT2D eigenvalue weighted by Crippen LogP contribution is 2.31. The number of benzene rings is 2. The molecule has 0 saturated carbocycles. The summed E-state index contributed by atoms with van der Waals surface area (Å²) >= 11 is 5.51. The first kappa shape index (κ1) is 15.2. The van der Waals surface area contributed by atoms with Gasteiger partial charge in [-0.3, -0.25) is 10.1 Å². The normalized spacial score (nSPS) is 10.5. The van der Waals surface area contributed by atoms with E-state index in [1.807, 2.05) is 0 Å². The van der Waals surface area contributed by atoms with E-state index in [0.29, 0.717) is 11.1 Å². The zero-order valence-electron chi connectivity index (χ0n) is 10.9. The smallest absolute Gasteiger partial charge is 0.272 e. The summed E-state index contributed by atoms with van der Waals surface area (Å²) in [5.41, 5.74) is 0.523. The Morgan fingerprint density at radius 2 is 1.86 bits per heavy atom. The molecule has 0 radical (unpaired) electrons. The van der Waals surface area contributed by atoms with E-state index >= 15 is 0 Å². The van der Waals surface area contributed by atoms with Gasteiger partial charge in [0.05, 0.1) is 4.92 Å². The number of halogens is 3. The van der Waals surface area contributed by atoms with Crippen molar-refractivity contribution in [3.8, 4) is 11.5 Å². The van der Waals surface area contributed by atoms with Crippen LogP contribution in [0.25, 0.3) is 0 Å². The van der Waals surface area contributed by atoms with E-state index < -0.39 is 22.3 Å². The molecule has 0 spiro atoms. The van der Waals surface area contributed by atoms with Crippen LogP contribution >= 0.6 is 11.6 Å². The molecule has 0 fully saturated rings. The highest BCUT2D eigenvalue weighted by atomic mass is 35.5. The fraction of sp³-hybridized carbons (Fsp3) is 0.143. The molecule has 21 heavy (non-hydrogen) atoms. The van der Waals surface area contributed by atoms with Crippen molar-refractivity contribution >= 4 is 17.3 Å². The molecule has 4 nitrogen and oxygen atoms in total. The van der Waals surface area contributed by atoms with Crippen molar-refractivity contribution in [2.24, 2.45) is 0 Å². The molecule has 0 aliphatic carbocycles. The summed E-state index contributed by atoms with van der Waals surface area (Å²) in [6, 6.07) is 5.98. The Morgan fingerprint density at radius 1 is 1.24 bits per heavy atom. The molecular weight excluding hydrogens is 304 g/mol. The van der Waals surface area contributed by atoms with Crippen molar-refractivity contribution in [3.63, 3.8) is 0 Å². The second-order valence-electron chi connectivity index (χ2n) is 4.33. The maximum Gasteiger partial charge on any atom is 0.272 e. The number of nitrogens with zero attached hydrogens (tertiary/aromatic N) is 1. The van der Waals surface area contributed by atoms with Crippen molar-refractivity contribution in [2.45, 2.75) is 12.8 Å². The Hall–Kier alpha value is -2.21. The molecule has 0 aliphatic heterocycles. The molecule has 7 heteroatoms. The van der Waals surface area contributed by atoms with Gasteiger partial charge in [-0.15, -0.1) is 11.6 Å².